The summed E-state index contributed by atoms with van der Waals surface area (Å²) in [6.45, 7) is 1.48. The van der Waals surface area contributed by atoms with E-state index in [9.17, 15) is 4.79 Å². The Morgan fingerprint density at radius 3 is 3.22 bits per heavy atom. The number of nitrogens with zero attached hydrogens (tertiary/aromatic N) is 3. The van der Waals surface area contributed by atoms with Crippen molar-refractivity contribution >= 4 is 5.91 Å². The first kappa shape index (κ1) is 13.0. The zero-order chi connectivity index (χ0) is 12.8. The maximum absolute atomic E-state index is 12.2. The first-order valence-electron chi connectivity index (χ1n) is 6.44. The summed E-state index contributed by atoms with van der Waals surface area (Å²) < 4.78 is 5.19. The summed E-state index contributed by atoms with van der Waals surface area (Å²) in [5, 5.41) is 6.55. The predicted molar refractivity (Wildman–Crippen MR) is 65.9 cm³/mol. The molecule has 1 fully saturated rings. The SMILES string of the molecule is COCC1CCCCN1C(=O)CCc1ncn[nH]1. The number of rotatable bonds is 5. The van der Waals surface area contributed by atoms with Crippen molar-refractivity contribution < 1.29 is 9.53 Å². The molecule has 0 bridgehead atoms. The Kier molecular flexibility index (Phi) is 4.69. The maximum Gasteiger partial charge on any atom is 0.223 e. The molecule has 1 aromatic heterocycles. The number of aromatic amines is 1. The second kappa shape index (κ2) is 6.49. The average Bonchev–Trinajstić information content (AvgIpc) is 2.90. The largest absolute Gasteiger partial charge is 0.383 e. The summed E-state index contributed by atoms with van der Waals surface area (Å²) >= 11 is 0. The van der Waals surface area contributed by atoms with Gasteiger partial charge in [0.15, 0.2) is 0 Å². The summed E-state index contributed by atoms with van der Waals surface area (Å²) in [5.41, 5.74) is 0. The average molecular weight is 252 g/mol. The van der Waals surface area contributed by atoms with Gasteiger partial charge in [-0.15, -0.1) is 0 Å². The molecule has 1 N–H and O–H groups in total. The van der Waals surface area contributed by atoms with E-state index in [0.29, 0.717) is 19.4 Å². The number of carbonyl (C=O) groups excluding carboxylic acids is 1. The Labute approximate surface area is 107 Å². The van der Waals surface area contributed by atoms with Crippen LogP contribution in [0.3, 0.4) is 0 Å². The molecule has 2 rings (SSSR count). The molecule has 6 heteroatoms. The lowest BCUT2D eigenvalue weighted by molar-refractivity contribution is -0.136. The van der Waals surface area contributed by atoms with Crippen LogP contribution >= 0.6 is 0 Å². The number of carbonyl (C=O) groups is 1. The second-order valence-corrected chi connectivity index (χ2v) is 4.62. The van der Waals surface area contributed by atoms with Gasteiger partial charge in [-0.2, -0.15) is 5.10 Å². The summed E-state index contributed by atoms with van der Waals surface area (Å²) in [6.07, 6.45) is 5.88. The van der Waals surface area contributed by atoms with E-state index >= 15 is 0 Å². The first-order valence-corrected chi connectivity index (χ1v) is 6.44. The lowest BCUT2D eigenvalue weighted by atomic mass is 10.0. The number of ether oxygens (including phenoxy) is 1. The first-order chi connectivity index (χ1) is 8.81. The number of hydrogen-bond acceptors (Lipinski definition) is 4. The van der Waals surface area contributed by atoms with Crippen LogP contribution in [-0.2, 0) is 16.0 Å². The van der Waals surface area contributed by atoms with Crippen molar-refractivity contribution in [1.29, 1.82) is 0 Å². The van der Waals surface area contributed by atoms with Crippen molar-refractivity contribution in [1.82, 2.24) is 20.1 Å². The molecule has 1 amide bonds. The molecule has 1 aliphatic heterocycles. The summed E-state index contributed by atoms with van der Waals surface area (Å²) in [4.78, 5) is 18.2. The van der Waals surface area contributed by atoms with Gasteiger partial charge in [0.1, 0.15) is 12.2 Å². The molecule has 0 aromatic carbocycles. The van der Waals surface area contributed by atoms with Gasteiger partial charge < -0.3 is 9.64 Å². The zero-order valence-corrected chi connectivity index (χ0v) is 10.8. The number of likely N-dealkylation sites (tertiary alicyclic amines) is 1. The van der Waals surface area contributed by atoms with Crippen LogP contribution in [0.4, 0.5) is 0 Å². The number of aryl methyl sites for hydroxylation is 1. The minimum absolute atomic E-state index is 0.188. The lowest BCUT2D eigenvalue weighted by Gasteiger charge is -2.35. The van der Waals surface area contributed by atoms with Crippen LogP contribution < -0.4 is 0 Å². The van der Waals surface area contributed by atoms with Crippen LogP contribution in [0.2, 0.25) is 0 Å². The quantitative estimate of drug-likeness (QED) is 0.840. The van der Waals surface area contributed by atoms with E-state index in [1.54, 1.807) is 7.11 Å². The molecule has 6 nitrogen and oxygen atoms in total. The molecule has 0 aliphatic carbocycles. The number of nitrogens with one attached hydrogen (secondary N) is 1. The highest BCUT2D eigenvalue weighted by Crippen LogP contribution is 2.18. The van der Waals surface area contributed by atoms with E-state index in [1.165, 1.54) is 12.7 Å². The van der Waals surface area contributed by atoms with Crippen molar-refractivity contribution in [3.05, 3.63) is 12.2 Å². The Morgan fingerprint density at radius 2 is 2.50 bits per heavy atom. The van der Waals surface area contributed by atoms with E-state index in [-0.39, 0.29) is 11.9 Å². The fourth-order valence-electron chi connectivity index (χ4n) is 2.41. The molecule has 18 heavy (non-hydrogen) atoms. The van der Waals surface area contributed by atoms with Gasteiger partial charge in [0.05, 0.1) is 12.6 Å². The van der Waals surface area contributed by atoms with Gasteiger partial charge in [0, 0.05) is 26.5 Å². The molecule has 0 spiro atoms. The molecule has 1 unspecified atom stereocenters. The van der Waals surface area contributed by atoms with E-state index < -0.39 is 0 Å². The van der Waals surface area contributed by atoms with Crippen LogP contribution in [0.5, 0.6) is 0 Å². The normalized spacial score (nSPS) is 20.1. The van der Waals surface area contributed by atoms with Crippen molar-refractivity contribution in [2.75, 3.05) is 20.3 Å². The standard InChI is InChI=1S/C12H20N4O2/c1-18-8-10-4-2-3-7-16(10)12(17)6-5-11-13-9-14-15-11/h9-10H,2-8H2,1H3,(H,13,14,15). The zero-order valence-electron chi connectivity index (χ0n) is 10.8. The predicted octanol–water partition coefficient (Wildman–Crippen LogP) is 0.765. The number of aromatic nitrogens is 3. The number of H-pyrrole nitrogens is 1. The monoisotopic (exact) mass is 252 g/mol. The lowest BCUT2D eigenvalue weighted by Crippen LogP contribution is -2.46. The van der Waals surface area contributed by atoms with Crippen molar-refractivity contribution in [3.8, 4) is 0 Å². The van der Waals surface area contributed by atoms with Crippen molar-refractivity contribution in [3.63, 3.8) is 0 Å². The Hall–Kier alpha value is -1.43. The molecular formula is C12H20N4O2. The van der Waals surface area contributed by atoms with Crippen LogP contribution in [0.1, 0.15) is 31.5 Å². The molecule has 1 saturated heterocycles. The fraction of sp³-hybridized carbons (Fsp3) is 0.750. The number of piperidine rings is 1. The van der Waals surface area contributed by atoms with Gasteiger partial charge in [0.2, 0.25) is 5.91 Å². The van der Waals surface area contributed by atoms with E-state index in [2.05, 4.69) is 15.2 Å². The fourth-order valence-corrected chi connectivity index (χ4v) is 2.41. The van der Waals surface area contributed by atoms with Crippen molar-refractivity contribution in [2.45, 2.75) is 38.1 Å². The third kappa shape index (κ3) is 3.29. The molecule has 0 radical (unpaired) electrons. The topological polar surface area (TPSA) is 71.1 Å². The van der Waals surface area contributed by atoms with Gasteiger partial charge in [-0.05, 0) is 19.3 Å². The van der Waals surface area contributed by atoms with E-state index in [0.717, 1.165) is 25.2 Å². The molecule has 2 heterocycles. The van der Waals surface area contributed by atoms with E-state index in [1.807, 2.05) is 4.90 Å². The number of amides is 1. The highest BCUT2D eigenvalue weighted by atomic mass is 16.5. The maximum atomic E-state index is 12.2. The van der Waals surface area contributed by atoms with E-state index in [4.69, 9.17) is 4.74 Å². The Bertz CT molecular complexity index is 364. The Morgan fingerprint density at radius 1 is 1.61 bits per heavy atom. The second-order valence-electron chi connectivity index (χ2n) is 4.62. The Balaban J connectivity index is 1.85. The van der Waals surface area contributed by atoms with Crippen LogP contribution in [0, 0.1) is 0 Å². The molecule has 1 aliphatic rings. The smallest absolute Gasteiger partial charge is 0.223 e. The number of hydrogen-bond donors (Lipinski definition) is 1. The summed E-state index contributed by atoms with van der Waals surface area (Å²) in [7, 11) is 1.69. The molecule has 0 saturated carbocycles. The van der Waals surface area contributed by atoms with Crippen molar-refractivity contribution in [2.24, 2.45) is 0 Å². The molecular weight excluding hydrogens is 232 g/mol. The van der Waals surface area contributed by atoms with Crippen LogP contribution in [0.15, 0.2) is 6.33 Å². The van der Waals surface area contributed by atoms with Gasteiger partial charge in [-0.3, -0.25) is 9.89 Å². The third-order valence-electron chi connectivity index (χ3n) is 3.35. The van der Waals surface area contributed by atoms with Crippen LogP contribution in [0.25, 0.3) is 0 Å². The van der Waals surface area contributed by atoms with Gasteiger partial charge in [-0.25, -0.2) is 4.98 Å². The van der Waals surface area contributed by atoms with Gasteiger partial charge in [-0.1, -0.05) is 0 Å². The highest BCUT2D eigenvalue weighted by molar-refractivity contribution is 5.76. The molecule has 100 valence electrons. The number of methoxy groups -OCH3 is 1. The third-order valence-corrected chi connectivity index (χ3v) is 3.35. The van der Waals surface area contributed by atoms with Gasteiger partial charge in [0.25, 0.3) is 0 Å². The minimum Gasteiger partial charge on any atom is -0.383 e. The van der Waals surface area contributed by atoms with Crippen LogP contribution in [-0.4, -0.2) is 52.3 Å². The minimum atomic E-state index is 0.188. The van der Waals surface area contributed by atoms with Gasteiger partial charge >= 0.3 is 0 Å². The molecule has 1 atom stereocenters. The summed E-state index contributed by atoms with van der Waals surface area (Å²) in [6, 6.07) is 0.242. The molecule has 1 aromatic rings. The highest BCUT2D eigenvalue weighted by Gasteiger charge is 2.26. The summed E-state index contributed by atoms with van der Waals surface area (Å²) in [5.74, 6) is 0.955.